The number of morpholine rings is 1. The summed E-state index contributed by atoms with van der Waals surface area (Å²) in [5, 5.41) is 3.63. The van der Waals surface area contributed by atoms with Gasteiger partial charge in [0.15, 0.2) is 5.69 Å². The third kappa shape index (κ3) is 4.07. The minimum atomic E-state index is -4.42. The topological polar surface area (TPSA) is 50.6 Å². The minimum absolute atomic E-state index is 0.0757. The van der Waals surface area contributed by atoms with E-state index in [2.05, 4.69) is 10.00 Å². The van der Waals surface area contributed by atoms with Gasteiger partial charge in [0.05, 0.1) is 25.8 Å². The molecule has 6 nitrogen and oxygen atoms in total. The van der Waals surface area contributed by atoms with Gasteiger partial charge < -0.3 is 9.64 Å². The number of halogens is 3. The van der Waals surface area contributed by atoms with Gasteiger partial charge in [-0.3, -0.25) is 14.4 Å². The van der Waals surface area contributed by atoms with E-state index in [0.717, 1.165) is 19.2 Å². The number of nitrogens with zero attached hydrogens (tertiary/aromatic N) is 4. The van der Waals surface area contributed by atoms with Crippen LogP contribution < -0.4 is 0 Å². The van der Waals surface area contributed by atoms with Crippen molar-refractivity contribution in [3.63, 3.8) is 0 Å². The molecule has 0 radical (unpaired) electrons. The minimum Gasteiger partial charge on any atom is -0.379 e. The first-order valence-electron chi connectivity index (χ1n) is 8.14. The first kappa shape index (κ1) is 17.2. The third-order valence-corrected chi connectivity index (χ3v) is 4.55. The molecule has 0 aliphatic carbocycles. The van der Waals surface area contributed by atoms with E-state index in [9.17, 15) is 18.0 Å². The van der Waals surface area contributed by atoms with Crippen molar-refractivity contribution in [3.8, 4) is 0 Å². The summed E-state index contributed by atoms with van der Waals surface area (Å²) in [7, 11) is 0. The fourth-order valence-corrected chi connectivity index (χ4v) is 3.12. The summed E-state index contributed by atoms with van der Waals surface area (Å²) in [6.45, 7) is 4.30. The Morgan fingerprint density at radius 3 is 2.46 bits per heavy atom. The molecule has 1 amide bonds. The average molecular weight is 346 g/mol. The Hall–Kier alpha value is -1.61. The highest BCUT2D eigenvalue weighted by atomic mass is 19.4. The lowest BCUT2D eigenvalue weighted by molar-refractivity contribution is -0.141. The van der Waals surface area contributed by atoms with Crippen molar-refractivity contribution in [1.29, 1.82) is 0 Å². The van der Waals surface area contributed by atoms with Crippen LogP contribution in [0.4, 0.5) is 13.2 Å². The highest BCUT2D eigenvalue weighted by Crippen LogP contribution is 2.29. The van der Waals surface area contributed by atoms with Crippen LogP contribution in [-0.4, -0.2) is 71.4 Å². The lowest BCUT2D eigenvalue weighted by Gasteiger charge is -2.34. The molecule has 0 spiro atoms. The van der Waals surface area contributed by atoms with Crippen LogP contribution in [0.15, 0.2) is 12.3 Å². The van der Waals surface area contributed by atoms with E-state index in [1.807, 2.05) is 0 Å². The first-order chi connectivity index (χ1) is 11.4. The molecule has 0 atom stereocenters. The van der Waals surface area contributed by atoms with E-state index in [4.69, 9.17) is 4.74 Å². The number of rotatable bonds is 3. The fourth-order valence-electron chi connectivity index (χ4n) is 3.12. The Morgan fingerprint density at radius 2 is 1.88 bits per heavy atom. The number of carbonyl (C=O) groups is 1. The maximum absolute atomic E-state index is 12.6. The zero-order valence-electron chi connectivity index (χ0n) is 13.3. The van der Waals surface area contributed by atoms with Gasteiger partial charge in [0, 0.05) is 32.4 Å². The van der Waals surface area contributed by atoms with Crippen molar-refractivity contribution in [2.45, 2.75) is 25.1 Å². The number of alkyl halides is 3. The van der Waals surface area contributed by atoms with E-state index in [0.29, 0.717) is 45.7 Å². The van der Waals surface area contributed by atoms with Crippen molar-refractivity contribution in [3.05, 3.63) is 18.0 Å². The lowest BCUT2D eigenvalue weighted by Crippen LogP contribution is -2.47. The largest absolute Gasteiger partial charge is 0.435 e. The summed E-state index contributed by atoms with van der Waals surface area (Å²) in [6, 6.07) is 0.907. The maximum atomic E-state index is 12.6. The van der Waals surface area contributed by atoms with Crippen molar-refractivity contribution in [2.75, 3.05) is 45.9 Å². The van der Waals surface area contributed by atoms with Gasteiger partial charge in [0.1, 0.15) is 0 Å². The van der Waals surface area contributed by atoms with Crippen LogP contribution in [0, 0.1) is 0 Å². The Labute approximate surface area is 138 Å². The van der Waals surface area contributed by atoms with Crippen LogP contribution in [-0.2, 0) is 15.7 Å². The standard InChI is InChI=1S/C15H21F3N4O2/c16-15(17,18)13-3-6-22(19-13)12-1-4-21(5-2-12)14(23)11-20-7-9-24-10-8-20/h3,6,12H,1-2,4-5,7-11H2. The van der Waals surface area contributed by atoms with Gasteiger partial charge in [-0.2, -0.15) is 18.3 Å². The molecule has 3 rings (SSSR count). The average Bonchev–Trinajstić information content (AvgIpc) is 3.06. The molecule has 0 bridgehead atoms. The summed E-state index contributed by atoms with van der Waals surface area (Å²) in [5.41, 5.74) is -0.867. The zero-order chi connectivity index (χ0) is 17.2. The normalized spacial score (nSPS) is 21.2. The molecule has 2 saturated heterocycles. The predicted molar refractivity (Wildman–Crippen MR) is 79.3 cm³/mol. The van der Waals surface area contributed by atoms with Gasteiger partial charge in [-0.1, -0.05) is 0 Å². The number of hydrogen-bond donors (Lipinski definition) is 0. The number of hydrogen-bond acceptors (Lipinski definition) is 4. The molecule has 0 N–H and O–H groups in total. The van der Waals surface area contributed by atoms with E-state index in [1.165, 1.54) is 10.9 Å². The Morgan fingerprint density at radius 1 is 1.21 bits per heavy atom. The van der Waals surface area contributed by atoms with E-state index >= 15 is 0 Å². The number of piperidine rings is 1. The Kier molecular flexibility index (Phi) is 5.09. The molecule has 134 valence electrons. The van der Waals surface area contributed by atoms with Crippen LogP contribution in [0.1, 0.15) is 24.6 Å². The molecule has 2 aliphatic heterocycles. The molecule has 0 aromatic carbocycles. The van der Waals surface area contributed by atoms with Gasteiger partial charge in [-0.05, 0) is 18.9 Å². The molecule has 24 heavy (non-hydrogen) atoms. The van der Waals surface area contributed by atoms with Crippen molar-refractivity contribution < 1.29 is 22.7 Å². The molecule has 0 unspecified atom stereocenters. The summed E-state index contributed by atoms with van der Waals surface area (Å²) < 4.78 is 44.5. The van der Waals surface area contributed by atoms with Crippen molar-refractivity contribution in [2.24, 2.45) is 0 Å². The highest BCUT2D eigenvalue weighted by Gasteiger charge is 2.34. The van der Waals surface area contributed by atoms with E-state index in [1.54, 1.807) is 4.90 Å². The maximum Gasteiger partial charge on any atom is 0.435 e. The number of ether oxygens (including phenoxy) is 1. The van der Waals surface area contributed by atoms with Gasteiger partial charge in [-0.25, -0.2) is 0 Å². The second-order valence-corrected chi connectivity index (χ2v) is 6.18. The van der Waals surface area contributed by atoms with Crippen LogP contribution in [0.25, 0.3) is 0 Å². The molecule has 1 aromatic rings. The Bertz CT molecular complexity index is 561. The summed E-state index contributed by atoms with van der Waals surface area (Å²) in [4.78, 5) is 16.2. The number of carbonyl (C=O) groups excluding carboxylic acids is 1. The predicted octanol–water partition coefficient (Wildman–Crippen LogP) is 1.40. The quantitative estimate of drug-likeness (QED) is 0.830. The number of likely N-dealkylation sites (tertiary alicyclic amines) is 1. The summed E-state index contributed by atoms with van der Waals surface area (Å²) in [6.07, 6.45) is -1.81. The first-order valence-corrected chi connectivity index (χ1v) is 8.14. The summed E-state index contributed by atoms with van der Waals surface area (Å²) in [5.74, 6) is 0.0757. The van der Waals surface area contributed by atoms with Gasteiger partial charge in [0.2, 0.25) is 5.91 Å². The number of amides is 1. The van der Waals surface area contributed by atoms with Crippen molar-refractivity contribution in [1.82, 2.24) is 19.6 Å². The Balaban J connectivity index is 1.50. The molecule has 0 saturated carbocycles. The van der Waals surface area contributed by atoms with E-state index < -0.39 is 11.9 Å². The van der Waals surface area contributed by atoms with Crippen molar-refractivity contribution >= 4 is 5.91 Å². The zero-order valence-corrected chi connectivity index (χ0v) is 13.3. The summed E-state index contributed by atoms with van der Waals surface area (Å²) >= 11 is 0. The van der Waals surface area contributed by atoms with Gasteiger partial charge in [0.25, 0.3) is 0 Å². The molecular weight excluding hydrogens is 325 g/mol. The molecule has 2 aliphatic rings. The highest BCUT2D eigenvalue weighted by molar-refractivity contribution is 5.78. The third-order valence-electron chi connectivity index (χ3n) is 4.55. The number of aromatic nitrogens is 2. The fraction of sp³-hybridized carbons (Fsp3) is 0.733. The van der Waals surface area contributed by atoms with Gasteiger partial charge >= 0.3 is 6.18 Å². The second kappa shape index (κ2) is 7.10. The second-order valence-electron chi connectivity index (χ2n) is 6.18. The van der Waals surface area contributed by atoms with E-state index in [-0.39, 0.29) is 11.9 Å². The van der Waals surface area contributed by atoms with Crippen LogP contribution in [0.5, 0.6) is 0 Å². The molecule has 1 aromatic heterocycles. The van der Waals surface area contributed by atoms with Crippen LogP contribution in [0.3, 0.4) is 0 Å². The monoisotopic (exact) mass is 346 g/mol. The molecule has 2 fully saturated rings. The van der Waals surface area contributed by atoms with Gasteiger partial charge in [-0.15, -0.1) is 0 Å². The van der Waals surface area contributed by atoms with Crippen LogP contribution >= 0.6 is 0 Å². The SMILES string of the molecule is O=C(CN1CCOCC1)N1CCC(n2ccc(C(F)(F)F)n2)CC1. The smallest absolute Gasteiger partial charge is 0.379 e. The molecular formula is C15H21F3N4O2. The van der Waals surface area contributed by atoms with Crippen LogP contribution in [0.2, 0.25) is 0 Å². The molecule has 3 heterocycles. The molecule has 9 heteroatoms. The lowest BCUT2D eigenvalue weighted by atomic mass is 10.1.